The van der Waals surface area contributed by atoms with Crippen molar-refractivity contribution < 1.29 is 4.79 Å². The molecular formula is C14H9Cl3O. The molecule has 0 saturated carbocycles. The highest BCUT2D eigenvalue weighted by atomic mass is 35.5. The van der Waals surface area contributed by atoms with Crippen molar-refractivity contribution >= 4 is 40.6 Å². The van der Waals surface area contributed by atoms with Gasteiger partial charge in [-0.2, -0.15) is 0 Å². The molecule has 0 heterocycles. The summed E-state index contributed by atoms with van der Waals surface area (Å²) in [5, 5.41) is 0.0568. The lowest BCUT2D eigenvalue weighted by Gasteiger charge is -2.10. The van der Waals surface area contributed by atoms with Crippen molar-refractivity contribution in [3.8, 4) is 0 Å². The predicted octanol–water partition coefficient (Wildman–Crippen LogP) is 5.16. The smallest absolute Gasteiger partial charge is 0.186 e. The van der Waals surface area contributed by atoms with Crippen LogP contribution in [0, 0.1) is 0 Å². The lowest BCUT2D eigenvalue weighted by atomic mass is 10.0. The maximum Gasteiger partial charge on any atom is 0.186 e. The highest BCUT2D eigenvalue weighted by Gasteiger charge is 2.21. The highest BCUT2D eigenvalue weighted by Crippen LogP contribution is 2.29. The van der Waals surface area contributed by atoms with Crippen molar-refractivity contribution in [2.45, 2.75) is 5.38 Å². The van der Waals surface area contributed by atoms with Gasteiger partial charge in [0.15, 0.2) is 5.78 Å². The van der Waals surface area contributed by atoms with E-state index in [0.29, 0.717) is 15.6 Å². The Bertz CT molecular complexity index is 567. The number of hydrogen-bond acceptors (Lipinski definition) is 1. The van der Waals surface area contributed by atoms with Gasteiger partial charge >= 0.3 is 0 Å². The molecule has 1 atom stereocenters. The molecule has 92 valence electrons. The van der Waals surface area contributed by atoms with Crippen LogP contribution in [0.2, 0.25) is 10.0 Å². The Balaban J connectivity index is 2.32. The first-order chi connectivity index (χ1) is 8.59. The van der Waals surface area contributed by atoms with Crippen LogP contribution in [0.1, 0.15) is 21.3 Å². The third-order valence-electron chi connectivity index (χ3n) is 2.52. The Morgan fingerprint density at radius 2 is 1.67 bits per heavy atom. The fraction of sp³-hybridized carbons (Fsp3) is 0.0714. The van der Waals surface area contributed by atoms with Crippen molar-refractivity contribution in [1.29, 1.82) is 0 Å². The van der Waals surface area contributed by atoms with Crippen molar-refractivity contribution in [2.75, 3.05) is 0 Å². The molecule has 18 heavy (non-hydrogen) atoms. The lowest BCUT2D eigenvalue weighted by molar-refractivity contribution is 0.0987. The first kappa shape index (κ1) is 13.4. The molecule has 0 aromatic heterocycles. The van der Waals surface area contributed by atoms with E-state index in [1.54, 1.807) is 24.3 Å². The summed E-state index contributed by atoms with van der Waals surface area (Å²) in [5.74, 6) is -0.232. The van der Waals surface area contributed by atoms with Gasteiger partial charge in [-0.3, -0.25) is 4.79 Å². The van der Waals surface area contributed by atoms with Gasteiger partial charge in [0.05, 0.1) is 5.02 Å². The number of alkyl halides is 1. The van der Waals surface area contributed by atoms with E-state index < -0.39 is 5.38 Å². The normalized spacial score (nSPS) is 12.2. The average Bonchev–Trinajstić information content (AvgIpc) is 2.38. The molecule has 0 saturated heterocycles. The Morgan fingerprint density at radius 1 is 1.00 bits per heavy atom. The van der Waals surface area contributed by atoms with Gasteiger partial charge in [-0.25, -0.2) is 0 Å². The zero-order chi connectivity index (χ0) is 13.1. The van der Waals surface area contributed by atoms with Crippen molar-refractivity contribution in [3.63, 3.8) is 0 Å². The van der Waals surface area contributed by atoms with Crippen LogP contribution in [0.5, 0.6) is 0 Å². The van der Waals surface area contributed by atoms with E-state index in [1.165, 1.54) is 6.07 Å². The zero-order valence-corrected chi connectivity index (χ0v) is 11.5. The van der Waals surface area contributed by atoms with Gasteiger partial charge in [-0.15, -0.1) is 11.6 Å². The van der Waals surface area contributed by atoms with E-state index in [2.05, 4.69) is 0 Å². The van der Waals surface area contributed by atoms with E-state index in [1.807, 2.05) is 18.2 Å². The van der Waals surface area contributed by atoms with Crippen LogP contribution in [0.4, 0.5) is 0 Å². The summed E-state index contributed by atoms with van der Waals surface area (Å²) in [6.07, 6.45) is 0. The van der Waals surface area contributed by atoms with E-state index in [4.69, 9.17) is 34.8 Å². The fourth-order valence-electron chi connectivity index (χ4n) is 1.60. The molecule has 2 aromatic carbocycles. The number of benzene rings is 2. The largest absolute Gasteiger partial charge is 0.292 e. The molecule has 2 rings (SSSR count). The van der Waals surface area contributed by atoms with Crippen LogP contribution in [0.3, 0.4) is 0 Å². The second kappa shape index (κ2) is 5.75. The molecule has 1 nitrogen and oxygen atoms in total. The first-order valence-electron chi connectivity index (χ1n) is 5.28. The second-order valence-electron chi connectivity index (χ2n) is 3.76. The van der Waals surface area contributed by atoms with Crippen molar-refractivity contribution in [2.24, 2.45) is 0 Å². The molecule has 0 aliphatic heterocycles. The Kier molecular flexibility index (Phi) is 4.28. The number of ketones is 1. The van der Waals surface area contributed by atoms with Crippen LogP contribution < -0.4 is 0 Å². The number of carbonyl (C=O) groups excluding carboxylic acids is 1. The summed E-state index contributed by atoms with van der Waals surface area (Å²) in [5.41, 5.74) is 1.13. The third-order valence-corrected chi connectivity index (χ3v) is 3.52. The maximum absolute atomic E-state index is 12.2. The van der Waals surface area contributed by atoms with Crippen molar-refractivity contribution in [3.05, 3.63) is 69.7 Å². The van der Waals surface area contributed by atoms with Gasteiger partial charge in [0.1, 0.15) is 5.38 Å². The van der Waals surface area contributed by atoms with Gasteiger partial charge in [-0.05, 0) is 23.8 Å². The van der Waals surface area contributed by atoms with E-state index in [-0.39, 0.29) is 5.78 Å². The molecule has 0 bridgehead atoms. The van der Waals surface area contributed by atoms with Crippen LogP contribution in [0.25, 0.3) is 0 Å². The summed E-state index contributed by atoms with van der Waals surface area (Å²) in [4.78, 5) is 12.2. The standard InChI is InChI=1S/C14H9Cl3O/c15-10-6-7-11(12(16)8-10)14(18)13(17)9-4-2-1-3-5-9/h1-8,13H. The van der Waals surface area contributed by atoms with Crippen LogP contribution in [-0.2, 0) is 0 Å². The quantitative estimate of drug-likeness (QED) is 0.565. The molecule has 0 aliphatic rings. The van der Waals surface area contributed by atoms with Gasteiger partial charge in [0.2, 0.25) is 0 Å². The molecule has 2 aromatic rings. The minimum atomic E-state index is -0.745. The minimum Gasteiger partial charge on any atom is -0.292 e. The molecule has 0 N–H and O–H groups in total. The molecule has 0 aliphatic carbocycles. The zero-order valence-electron chi connectivity index (χ0n) is 9.24. The van der Waals surface area contributed by atoms with E-state index in [9.17, 15) is 4.79 Å². The summed E-state index contributed by atoms with van der Waals surface area (Å²) >= 11 is 17.9. The Labute approximate surface area is 120 Å². The first-order valence-corrected chi connectivity index (χ1v) is 6.47. The number of Topliss-reactive ketones (excluding diaryl/α,β-unsaturated/α-hetero) is 1. The topological polar surface area (TPSA) is 17.1 Å². The molecule has 0 radical (unpaired) electrons. The Morgan fingerprint density at radius 3 is 2.28 bits per heavy atom. The average molecular weight is 300 g/mol. The summed E-state index contributed by atoms with van der Waals surface area (Å²) < 4.78 is 0. The molecule has 0 fully saturated rings. The predicted molar refractivity (Wildman–Crippen MR) is 75.8 cm³/mol. The summed E-state index contributed by atoms with van der Waals surface area (Å²) in [7, 11) is 0. The molecule has 1 unspecified atom stereocenters. The van der Waals surface area contributed by atoms with Crippen LogP contribution >= 0.6 is 34.8 Å². The van der Waals surface area contributed by atoms with Gasteiger partial charge in [-0.1, -0.05) is 53.5 Å². The summed E-state index contributed by atoms with van der Waals surface area (Å²) in [6.45, 7) is 0. The van der Waals surface area contributed by atoms with Crippen molar-refractivity contribution in [1.82, 2.24) is 0 Å². The molecule has 4 heteroatoms. The number of rotatable bonds is 3. The van der Waals surface area contributed by atoms with E-state index >= 15 is 0 Å². The summed E-state index contributed by atoms with van der Waals surface area (Å²) in [6, 6.07) is 13.9. The van der Waals surface area contributed by atoms with Gasteiger partial charge in [0.25, 0.3) is 0 Å². The minimum absolute atomic E-state index is 0.232. The third kappa shape index (κ3) is 2.86. The van der Waals surface area contributed by atoms with Crippen LogP contribution in [-0.4, -0.2) is 5.78 Å². The second-order valence-corrected chi connectivity index (χ2v) is 5.04. The van der Waals surface area contributed by atoms with Gasteiger partial charge in [0, 0.05) is 10.6 Å². The molecular weight excluding hydrogens is 291 g/mol. The van der Waals surface area contributed by atoms with E-state index in [0.717, 1.165) is 5.56 Å². The lowest BCUT2D eigenvalue weighted by Crippen LogP contribution is -2.08. The fourth-order valence-corrected chi connectivity index (χ4v) is 2.36. The maximum atomic E-state index is 12.2. The Hall–Kier alpha value is -1.02. The molecule has 0 amide bonds. The highest BCUT2D eigenvalue weighted by molar-refractivity contribution is 6.40. The molecule has 0 spiro atoms. The number of carbonyl (C=O) groups is 1. The number of hydrogen-bond donors (Lipinski definition) is 0. The monoisotopic (exact) mass is 298 g/mol. The SMILES string of the molecule is O=C(c1ccc(Cl)cc1Cl)C(Cl)c1ccccc1. The van der Waals surface area contributed by atoms with Gasteiger partial charge < -0.3 is 0 Å². The van der Waals surface area contributed by atoms with Crippen LogP contribution in [0.15, 0.2) is 48.5 Å². The number of halogens is 3.